The molecule has 0 N–H and O–H groups in total. The van der Waals surface area contributed by atoms with Crippen LogP contribution in [0.1, 0.15) is 22.8 Å². The molecule has 5 aromatic rings. The summed E-state index contributed by atoms with van der Waals surface area (Å²) in [5.41, 5.74) is 3.92. The molecular formula is C29H20O4. The van der Waals surface area contributed by atoms with Gasteiger partial charge in [-0.1, -0.05) is 91.0 Å². The highest BCUT2D eigenvalue weighted by Gasteiger charge is 2.27. The van der Waals surface area contributed by atoms with Gasteiger partial charge >= 0.3 is 5.97 Å². The summed E-state index contributed by atoms with van der Waals surface area (Å²) in [7, 11) is 0. The summed E-state index contributed by atoms with van der Waals surface area (Å²) in [5.74, 6) is 0.125. The second kappa shape index (κ2) is 8.60. The molecule has 5 rings (SSSR count). The molecule has 4 heteroatoms. The highest BCUT2D eigenvalue weighted by molar-refractivity contribution is 6.22. The monoisotopic (exact) mass is 432 g/mol. The molecule has 0 fully saturated rings. The summed E-state index contributed by atoms with van der Waals surface area (Å²) in [6.45, 7) is 1.32. The Morgan fingerprint density at radius 2 is 1.27 bits per heavy atom. The van der Waals surface area contributed by atoms with E-state index in [1.54, 1.807) is 24.3 Å². The van der Waals surface area contributed by atoms with Crippen LogP contribution in [0.2, 0.25) is 0 Å². The number of ketones is 1. The van der Waals surface area contributed by atoms with E-state index in [9.17, 15) is 9.59 Å². The SMILES string of the molecule is CC(=O)Oc1ccc2oc(-c3ccccc3)c(-c3ccccc3)c2c1C(=O)c1ccccc1. The molecule has 0 unspecified atom stereocenters. The van der Waals surface area contributed by atoms with Crippen molar-refractivity contribution >= 4 is 22.7 Å². The van der Waals surface area contributed by atoms with E-state index < -0.39 is 5.97 Å². The first-order chi connectivity index (χ1) is 16.1. The summed E-state index contributed by atoms with van der Waals surface area (Å²) < 4.78 is 11.8. The Bertz CT molecular complexity index is 1450. The van der Waals surface area contributed by atoms with Crippen molar-refractivity contribution in [2.45, 2.75) is 6.92 Å². The van der Waals surface area contributed by atoms with E-state index >= 15 is 0 Å². The second-order valence-corrected chi connectivity index (χ2v) is 7.64. The maximum atomic E-state index is 13.8. The van der Waals surface area contributed by atoms with Gasteiger partial charge in [0.2, 0.25) is 0 Å². The number of ether oxygens (including phenoxy) is 1. The van der Waals surface area contributed by atoms with Crippen molar-refractivity contribution in [2.75, 3.05) is 0 Å². The van der Waals surface area contributed by atoms with Crippen molar-refractivity contribution in [3.8, 4) is 28.2 Å². The standard InChI is InChI=1S/C29H20O4/c1-19(30)32-24-18-17-23-26(27(24)28(31)21-13-7-3-8-14-21)25(20-11-5-2-6-12-20)29(33-23)22-15-9-4-10-16-22/h2-18H,1H3. The predicted octanol–water partition coefficient (Wildman–Crippen LogP) is 6.92. The van der Waals surface area contributed by atoms with Crippen LogP contribution in [-0.2, 0) is 4.79 Å². The normalized spacial score (nSPS) is 10.8. The van der Waals surface area contributed by atoms with Gasteiger partial charge in [0.15, 0.2) is 5.78 Å². The Kier molecular flexibility index (Phi) is 5.33. The lowest BCUT2D eigenvalue weighted by molar-refractivity contribution is -0.131. The number of hydrogen-bond donors (Lipinski definition) is 0. The van der Waals surface area contributed by atoms with Crippen LogP contribution in [0, 0.1) is 0 Å². The lowest BCUT2D eigenvalue weighted by Crippen LogP contribution is -2.09. The highest BCUT2D eigenvalue weighted by atomic mass is 16.5. The number of carbonyl (C=O) groups is 2. The molecule has 0 spiro atoms. The van der Waals surface area contributed by atoms with E-state index in [0.29, 0.717) is 27.9 Å². The van der Waals surface area contributed by atoms with E-state index in [-0.39, 0.29) is 11.5 Å². The Labute approximate surface area is 191 Å². The average Bonchev–Trinajstić information content (AvgIpc) is 3.24. The van der Waals surface area contributed by atoms with Crippen molar-refractivity contribution in [1.82, 2.24) is 0 Å². The summed E-state index contributed by atoms with van der Waals surface area (Å²) in [6, 6.07) is 31.9. The van der Waals surface area contributed by atoms with Crippen LogP contribution >= 0.6 is 0 Å². The number of furan rings is 1. The number of esters is 1. The molecule has 0 aliphatic heterocycles. The first-order valence-electron chi connectivity index (χ1n) is 10.6. The largest absolute Gasteiger partial charge is 0.455 e. The predicted molar refractivity (Wildman–Crippen MR) is 128 cm³/mol. The molecule has 0 bridgehead atoms. The van der Waals surface area contributed by atoms with Gasteiger partial charge in [-0.3, -0.25) is 9.59 Å². The lowest BCUT2D eigenvalue weighted by atomic mass is 9.92. The molecular weight excluding hydrogens is 412 g/mol. The molecule has 4 nitrogen and oxygen atoms in total. The van der Waals surface area contributed by atoms with Crippen LogP contribution in [-0.4, -0.2) is 11.8 Å². The van der Waals surface area contributed by atoms with Gasteiger partial charge in [-0.05, 0) is 17.7 Å². The minimum atomic E-state index is -0.496. The molecule has 4 aromatic carbocycles. The third kappa shape index (κ3) is 3.83. The highest BCUT2D eigenvalue weighted by Crippen LogP contribution is 2.45. The zero-order valence-corrected chi connectivity index (χ0v) is 17.9. The van der Waals surface area contributed by atoms with Gasteiger partial charge in [0.25, 0.3) is 0 Å². The number of carbonyl (C=O) groups excluding carboxylic acids is 2. The molecule has 0 saturated carbocycles. The summed E-state index contributed by atoms with van der Waals surface area (Å²) in [5, 5.41) is 0.618. The molecule has 1 heterocycles. The van der Waals surface area contributed by atoms with Crippen molar-refractivity contribution in [3.05, 3.63) is 114 Å². The summed E-state index contributed by atoms with van der Waals surface area (Å²) in [4.78, 5) is 25.6. The van der Waals surface area contributed by atoms with Gasteiger partial charge in [0, 0.05) is 29.0 Å². The average molecular weight is 432 g/mol. The van der Waals surface area contributed by atoms with Crippen molar-refractivity contribution in [1.29, 1.82) is 0 Å². The van der Waals surface area contributed by atoms with Crippen molar-refractivity contribution in [3.63, 3.8) is 0 Å². The Morgan fingerprint density at radius 3 is 1.88 bits per heavy atom. The minimum Gasteiger partial charge on any atom is -0.455 e. The van der Waals surface area contributed by atoms with Crippen LogP contribution in [0.15, 0.2) is 108 Å². The van der Waals surface area contributed by atoms with E-state index in [2.05, 4.69) is 0 Å². The maximum absolute atomic E-state index is 13.8. The number of hydrogen-bond acceptors (Lipinski definition) is 4. The van der Waals surface area contributed by atoms with Gasteiger partial charge in [0.1, 0.15) is 17.1 Å². The molecule has 0 atom stereocenters. The third-order valence-electron chi connectivity index (χ3n) is 5.43. The number of rotatable bonds is 5. The minimum absolute atomic E-state index is 0.210. The van der Waals surface area contributed by atoms with E-state index in [1.165, 1.54) is 6.92 Å². The molecule has 33 heavy (non-hydrogen) atoms. The summed E-state index contributed by atoms with van der Waals surface area (Å²) in [6.07, 6.45) is 0. The van der Waals surface area contributed by atoms with Gasteiger partial charge in [0.05, 0.1) is 5.56 Å². The van der Waals surface area contributed by atoms with E-state index in [0.717, 1.165) is 16.7 Å². The second-order valence-electron chi connectivity index (χ2n) is 7.64. The third-order valence-corrected chi connectivity index (χ3v) is 5.43. The fraction of sp³-hybridized carbons (Fsp3) is 0.0345. The molecule has 0 aliphatic carbocycles. The van der Waals surface area contributed by atoms with Gasteiger partial charge < -0.3 is 9.15 Å². The Balaban J connectivity index is 1.89. The van der Waals surface area contributed by atoms with Crippen LogP contribution in [0.3, 0.4) is 0 Å². The van der Waals surface area contributed by atoms with E-state index in [4.69, 9.17) is 9.15 Å². The van der Waals surface area contributed by atoms with E-state index in [1.807, 2.05) is 78.9 Å². The van der Waals surface area contributed by atoms with Crippen LogP contribution < -0.4 is 4.74 Å². The molecule has 1 aromatic heterocycles. The Hall–Kier alpha value is -4.44. The molecule has 0 radical (unpaired) electrons. The lowest BCUT2D eigenvalue weighted by Gasteiger charge is -2.11. The number of fused-ring (bicyclic) bond motifs is 1. The maximum Gasteiger partial charge on any atom is 0.308 e. The molecule has 0 amide bonds. The fourth-order valence-corrected chi connectivity index (χ4v) is 4.04. The molecule has 160 valence electrons. The topological polar surface area (TPSA) is 56.5 Å². The molecule has 0 saturated heterocycles. The van der Waals surface area contributed by atoms with Crippen LogP contribution in [0.5, 0.6) is 5.75 Å². The van der Waals surface area contributed by atoms with Gasteiger partial charge in [-0.25, -0.2) is 0 Å². The Morgan fingerprint density at radius 1 is 0.697 bits per heavy atom. The quantitative estimate of drug-likeness (QED) is 0.172. The molecule has 0 aliphatic rings. The van der Waals surface area contributed by atoms with Crippen molar-refractivity contribution < 1.29 is 18.7 Å². The first kappa shape index (κ1) is 20.5. The van der Waals surface area contributed by atoms with Crippen LogP contribution in [0.4, 0.5) is 0 Å². The fourth-order valence-electron chi connectivity index (χ4n) is 4.04. The van der Waals surface area contributed by atoms with Gasteiger partial charge in [-0.2, -0.15) is 0 Å². The summed E-state index contributed by atoms with van der Waals surface area (Å²) >= 11 is 0. The van der Waals surface area contributed by atoms with Crippen molar-refractivity contribution in [2.24, 2.45) is 0 Å². The van der Waals surface area contributed by atoms with Gasteiger partial charge in [-0.15, -0.1) is 0 Å². The number of benzene rings is 4. The smallest absolute Gasteiger partial charge is 0.308 e. The zero-order valence-electron chi connectivity index (χ0n) is 17.9. The zero-order chi connectivity index (χ0) is 22.8. The first-order valence-corrected chi connectivity index (χ1v) is 10.6. The van der Waals surface area contributed by atoms with Crippen LogP contribution in [0.25, 0.3) is 33.4 Å².